The van der Waals surface area contributed by atoms with E-state index in [-0.39, 0.29) is 5.91 Å². The quantitative estimate of drug-likeness (QED) is 0.448. The molecular formula is C19H30N4O2. The number of piperidine rings is 1. The van der Waals surface area contributed by atoms with Crippen LogP contribution in [-0.4, -0.2) is 50.6 Å². The number of methoxy groups -OCH3 is 1. The molecule has 0 aliphatic carbocycles. The summed E-state index contributed by atoms with van der Waals surface area (Å²) in [7, 11) is 3.50. The first-order valence-electron chi connectivity index (χ1n) is 8.99. The fourth-order valence-corrected chi connectivity index (χ4v) is 3.36. The van der Waals surface area contributed by atoms with E-state index in [0.29, 0.717) is 12.3 Å². The highest BCUT2D eigenvalue weighted by atomic mass is 16.5. The third-order valence-corrected chi connectivity index (χ3v) is 4.58. The summed E-state index contributed by atoms with van der Waals surface area (Å²) in [6.45, 7) is 2.68. The number of ether oxygens (including phenoxy) is 1. The number of nitrogens with two attached hydrogens (primary N) is 1. The summed E-state index contributed by atoms with van der Waals surface area (Å²) < 4.78 is 5.26. The zero-order valence-corrected chi connectivity index (χ0v) is 15.3. The van der Waals surface area contributed by atoms with Crippen LogP contribution < -0.4 is 15.8 Å². The van der Waals surface area contributed by atoms with Crippen molar-refractivity contribution in [2.75, 3.05) is 33.8 Å². The first kappa shape index (κ1) is 19.1. The average Bonchev–Trinajstić information content (AvgIpc) is 2.61. The van der Waals surface area contributed by atoms with Crippen LogP contribution in [-0.2, 0) is 11.2 Å². The highest BCUT2D eigenvalue weighted by Gasteiger charge is 2.23. The number of aliphatic imine (C=N–C) groups is 1. The van der Waals surface area contributed by atoms with E-state index < -0.39 is 0 Å². The smallest absolute Gasteiger partial charge is 0.217 e. The first-order valence-corrected chi connectivity index (χ1v) is 8.99. The summed E-state index contributed by atoms with van der Waals surface area (Å²) in [6, 6.07) is 8.18. The number of carbonyl (C=O) groups is 1. The van der Waals surface area contributed by atoms with Crippen molar-refractivity contribution < 1.29 is 9.53 Å². The van der Waals surface area contributed by atoms with Gasteiger partial charge in [0.1, 0.15) is 5.75 Å². The minimum Gasteiger partial charge on any atom is -0.497 e. The predicted octanol–water partition coefficient (Wildman–Crippen LogP) is 1.79. The molecule has 1 aromatic carbocycles. The number of carbonyl (C=O) groups excluding carboxylic acids is 1. The summed E-state index contributed by atoms with van der Waals surface area (Å²) in [4.78, 5) is 17.8. The van der Waals surface area contributed by atoms with E-state index in [0.717, 1.165) is 57.0 Å². The molecular weight excluding hydrogens is 316 g/mol. The Labute approximate surface area is 150 Å². The second kappa shape index (κ2) is 9.91. The van der Waals surface area contributed by atoms with Gasteiger partial charge in [0.2, 0.25) is 5.91 Å². The molecule has 25 heavy (non-hydrogen) atoms. The molecule has 1 heterocycles. The van der Waals surface area contributed by atoms with Gasteiger partial charge in [-0.15, -0.1) is 0 Å². The van der Waals surface area contributed by atoms with Crippen molar-refractivity contribution in [3.8, 4) is 5.75 Å². The van der Waals surface area contributed by atoms with Crippen molar-refractivity contribution in [3.05, 3.63) is 29.8 Å². The van der Waals surface area contributed by atoms with E-state index in [4.69, 9.17) is 10.5 Å². The van der Waals surface area contributed by atoms with Gasteiger partial charge >= 0.3 is 0 Å². The Morgan fingerprint density at radius 2 is 2.32 bits per heavy atom. The lowest BCUT2D eigenvalue weighted by Gasteiger charge is -2.34. The molecule has 1 aliphatic heterocycles. The number of likely N-dealkylation sites (tertiary alicyclic amines) is 1. The van der Waals surface area contributed by atoms with Gasteiger partial charge in [-0.2, -0.15) is 0 Å². The standard InChI is InChI=1S/C19H30N4O2/c1-21-19(23-11-5-8-16(14-23)13-18(20)24)22-10-4-7-15-6-3-9-17(12-15)25-2/h3,6,9,12,16H,4-5,7-8,10-11,13-14H2,1-2H3,(H2,20,24)(H,21,22). The minimum absolute atomic E-state index is 0.215. The monoisotopic (exact) mass is 346 g/mol. The van der Waals surface area contributed by atoms with Crippen LogP contribution in [0.3, 0.4) is 0 Å². The van der Waals surface area contributed by atoms with Gasteiger partial charge in [0, 0.05) is 33.1 Å². The lowest BCUT2D eigenvalue weighted by molar-refractivity contribution is -0.119. The van der Waals surface area contributed by atoms with E-state index in [1.807, 2.05) is 19.2 Å². The zero-order chi connectivity index (χ0) is 18.1. The molecule has 1 unspecified atom stereocenters. The largest absolute Gasteiger partial charge is 0.497 e. The number of aryl methyl sites for hydroxylation is 1. The lowest BCUT2D eigenvalue weighted by Crippen LogP contribution is -2.47. The summed E-state index contributed by atoms with van der Waals surface area (Å²) in [6.07, 6.45) is 4.61. The third kappa shape index (κ3) is 6.29. The number of nitrogens with one attached hydrogen (secondary N) is 1. The molecule has 1 aliphatic rings. The van der Waals surface area contributed by atoms with Gasteiger partial charge in [0.05, 0.1) is 7.11 Å². The molecule has 138 valence electrons. The molecule has 0 bridgehead atoms. The van der Waals surface area contributed by atoms with Crippen LogP contribution in [0.25, 0.3) is 0 Å². The fraction of sp³-hybridized carbons (Fsp3) is 0.579. The van der Waals surface area contributed by atoms with Gasteiger partial charge in [-0.05, 0) is 49.3 Å². The van der Waals surface area contributed by atoms with Crippen molar-refractivity contribution in [2.45, 2.75) is 32.1 Å². The summed E-state index contributed by atoms with van der Waals surface area (Å²) in [5.74, 6) is 1.93. The number of nitrogens with zero attached hydrogens (tertiary/aromatic N) is 2. The van der Waals surface area contributed by atoms with Gasteiger partial charge in [-0.1, -0.05) is 12.1 Å². The fourth-order valence-electron chi connectivity index (χ4n) is 3.36. The molecule has 6 heteroatoms. The van der Waals surface area contributed by atoms with Gasteiger partial charge in [0.15, 0.2) is 5.96 Å². The number of benzene rings is 1. The Kier molecular flexibility index (Phi) is 7.57. The SMILES string of the molecule is CN=C(NCCCc1cccc(OC)c1)N1CCCC(CC(N)=O)C1. The highest BCUT2D eigenvalue weighted by Crippen LogP contribution is 2.19. The van der Waals surface area contributed by atoms with Crippen LogP contribution in [0.1, 0.15) is 31.2 Å². The third-order valence-electron chi connectivity index (χ3n) is 4.58. The number of hydrogen-bond donors (Lipinski definition) is 2. The summed E-state index contributed by atoms with van der Waals surface area (Å²) in [5.41, 5.74) is 6.61. The maximum absolute atomic E-state index is 11.2. The van der Waals surface area contributed by atoms with Crippen LogP contribution >= 0.6 is 0 Å². The second-order valence-corrected chi connectivity index (χ2v) is 6.55. The maximum Gasteiger partial charge on any atom is 0.217 e. The normalized spacial score (nSPS) is 18.1. The Morgan fingerprint density at radius 1 is 1.48 bits per heavy atom. The van der Waals surface area contributed by atoms with E-state index in [1.165, 1.54) is 5.56 Å². The van der Waals surface area contributed by atoms with Crippen molar-refractivity contribution in [3.63, 3.8) is 0 Å². The topological polar surface area (TPSA) is 80.0 Å². The number of guanidine groups is 1. The molecule has 1 aromatic rings. The first-order chi connectivity index (χ1) is 12.1. The molecule has 0 radical (unpaired) electrons. The molecule has 0 spiro atoms. The number of hydrogen-bond acceptors (Lipinski definition) is 3. The number of amides is 1. The molecule has 1 saturated heterocycles. The molecule has 1 fully saturated rings. The molecule has 2 rings (SSSR count). The molecule has 1 amide bonds. The van der Waals surface area contributed by atoms with Gasteiger partial charge < -0.3 is 20.7 Å². The van der Waals surface area contributed by atoms with E-state index in [9.17, 15) is 4.79 Å². The van der Waals surface area contributed by atoms with Gasteiger partial charge in [-0.3, -0.25) is 9.79 Å². The Balaban J connectivity index is 1.77. The van der Waals surface area contributed by atoms with E-state index in [2.05, 4.69) is 27.3 Å². The van der Waals surface area contributed by atoms with Crippen LogP contribution in [0.15, 0.2) is 29.3 Å². The molecule has 0 aromatic heterocycles. The van der Waals surface area contributed by atoms with Crippen LogP contribution in [0, 0.1) is 5.92 Å². The van der Waals surface area contributed by atoms with Crippen molar-refractivity contribution in [2.24, 2.45) is 16.6 Å². The van der Waals surface area contributed by atoms with Crippen molar-refractivity contribution >= 4 is 11.9 Å². The minimum atomic E-state index is -0.215. The predicted molar refractivity (Wildman–Crippen MR) is 101 cm³/mol. The summed E-state index contributed by atoms with van der Waals surface area (Å²) >= 11 is 0. The van der Waals surface area contributed by atoms with Crippen LogP contribution in [0.4, 0.5) is 0 Å². The van der Waals surface area contributed by atoms with Gasteiger partial charge in [-0.25, -0.2) is 0 Å². The maximum atomic E-state index is 11.2. The lowest BCUT2D eigenvalue weighted by atomic mass is 9.95. The Bertz CT molecular complexity index is 589. The summed E-state index contributed by atoms with van der Waals surface area (Å²) in [5, 5.41) is 3.44. The molecule has 0 saturated carbocycles. The molecule has 1 atom stereocenters. The van der Waals surface area contributed by atoms with E-state index in [1.54, 1.807) is 7.11 Å². The Hall–Kier alpha value is -2.24. The van der Waals surface area contributed by atoms with Crippen LogP contribution in [0.2, 0.25) is 0 Å². The second-order valence-electron chi connectivity index (χ2n) is 6.55. The molecule has 6 nitrogen and oxygen atoms in total. The average molecular weight is 346 g/mol. The zero-order valence-electron chi connectivity index (χ0n) is 15.3. The van der Waals surface area contributed by atoms with E-state index >= 15 is 0 Å². The number of rotatable bonds is 7. The van der Waals surface area contributed by atoms with Crippen molar-refractivity contribution in [1.29, 1.82) is 0 Å². The highest BCUT2D eigenvalue weighted by molar-refractivity contribution is 5.80. The van der Waals surface area contributed by atoms with Crippen LogP contribution in [0.5, 0.6) is 5.75 Å². The number of primary amides is 1. The van der Waals surface area contributed by atoms with Gasteiger partial charge in [0.25, 0.3) is 0 Å². The van der Waals surface area contributed by atoms with Crippen molar-refractivity contribution in [1.82, 2.24) is 10.2 Å². The molecule has 3 N–H and O–H groups in total. The Morgan fingerprint density at radius 3 is 3.04 bits per heavy atom.